The van der Waals surface area contributed by atoms with Crippen LogP contribution in [0.5, 0.6) is 0 Å². The number of hydrogen-bond acceptors (Lipinski definition) is 3. The Kier molecular flexibility index (Phi) is 15.8. The van der Waals surface area contributed by atoms with Crippen LogP contribution in [0.1, 0.15) is 71.6 Å². The lowest BCUT2D eigenvalue weighted by molar-refractivity contribution is 0.191. The number of nitrogens with one attached hydrogen (secondary N) is 2. The van der Waals surface area contributed by atoms with E-state index < -0.39 is 0 Å². The molecule has 0 aromatic rings. The molecule has 3 N–H and O–H groups in total. The van der Waals surface area contributed by atoms with Crippen LogP contribution in [0.2, 0.25) is 0 Å². The highest BCUT2D eigenvalue weighted by Gasteiger charge is 1.94. The molecular formula is C16H36N2O. The number of hydrogen-bond donors (Lipinski definition) is 3. The van der Waals surface area contributed by atoms with Crippen molar-refractivity contribution in [1.29, 1.82) is 0 Å². The minimum atomic E-state index is -0.239. The van der Waals surface area contributed by atoms with Gasteiger partial charge in [0.15, 0.2) is 0 Å². The molecule has 0 heterocycles. The van der Waals surface area contributed by atoms with Crippen molar-refractivity contribution in [3.05, 3.63) is 0 Å². The molecule has 19 heavy (non-hydrogen) atoms. The Morgan fingerprint density at radius 1 is 0.737 bits per heavy atom. The average Bonchev–Trinajstić information content (AvgIpc) is 2.39. The number of aliphatic hydroxyl groups is 1. The van der Waals surface area contributed by atoms with E-state index in [0.717, 1.165) is 19.6 Å². The Balaban J connectivity index is 2.91. The van der Waals surface area contributed by atoms with Crippen LogP contribution < -0.4 is 10.6 Å². The van der Waals surface area contributed by atoms with Crippen LogP contribution in [0.3, 0.4) is 0 Å². The minimum Gasteiger partial charge on any atom is -0.392 e. The molecular weight excluding hydrogens is 236 g/mol. The zero-order chi connectivity index (χ0) is 14.2. The first-order valence-corrected chi connectivity index (χ1v) is 8.37. The summed E-state index contributed by atoms with van der Waals surface area (Å²) in [5.41, 5.74) is 0. The normalized spacial score (nSPS) is 12.8. The second-order valence-electron chi connectivity index (χ2n) is 5.63. The zero-order valence-electron chi connectivity index (χ0n) is 13.2. The highest BCUT2D eigenvalue weighted by Crippen LogP contribution is 2.08. The fourth-order valence-electron chi connectivity index (χ4n) is 2.17. The summed E-state index contributed by atoms with van der Waals surface area (Å²) in [7, 11) is 0. The molecule has 0 amide bonds. The van der Waals surface area contributed by atoms with Gasteiger partial charge in [-0.2, -0.15) is 0 Å². The fourth-order valence-corrected chi connectivity index (χ4v) is 2.17. The third kappa shape index (κ3) is 17.9. The van der Waals surface area contributed by atoms with Gasteiger partial charge in [0.25, 0.3) is 0 Å². The summed E-state index contributed by atoms with van der Waals surface area (Å²) in [6.45, 7) is 7.85. The highest BCUT2D eigenvalue weighted by molar-refractivity contribution is 4.56. The van der Waals surface area contributed by atoms with E-state index in [0.29, 0.717) is 6.54 Å². The Morgan fingerprint density at radius 3 is 1.84 bits per heavy atom. The zero-order valence-corrected chi connectivity index (χ0v) is 13.2. The average molecular weight is 272 g/mol. The van der Waals surface area contributed by atoms with Crippen molar-refractivity contribution >= 4 is 0 Å². The van der Waals surface area contributed by atoms with Crippen LogP contribution in [0.25, 0.3) is 0 Å². The number of aliphatic hydroxyl groups excluding tert-OH is 1. The van der Waals surface area contributed by atoms with Crippen LogP contribution >= 0.6 is 0 Å². The first-order valence-electron chi connectivity index (χ1n) is 8.37. The summed E-state index contributed by atoms with van der Waals surface area (Å²) in [5, 5.41) is 15.7. The lowest BCUT2D eigenvalue weighted by atomic mass is 10.1. The summed E-state index contributed by atoms with van der Waals surface area (Å²) >= 11 is 0. The summed E-state index contributed by atoms with van der Waals surface area (Å²) in [5.74, 6) is 0. The predicted octanol–water partition coefficient (Wildman–Crippen LogP) is 3.08. The third-order valence-electron chi connectivity index (χ3n) is 3.38. The van der Waals surface area contributed by atoms with Crippen molar-refractivity contribution in [3.63, 3.8) is 0 Å². The van der Waals surface area contributed by atoms with Crippen molar-refractivity contribution in [2.45, 2.75) is 77.7 Å². The van der Waals surface area contributed by atoms with E-state index in [1.165, 1.54) is 57.8 Å². The van der Waals surface area contributed by atoms with Gasteiger partial charge in [-0.15, -0.1) is 0 Å². The van der Waals surface area contributed by atoms with Crippen LogP contribution in [0, 0.1) is 0 Å². The van der Waals surface area contributed by atoms with E-state index >= 15 is 0 Å². The second kappa shape index (κ2) is 15.9. The van der Waals surface area contributed by atoms with Crippen molar-refractivity contribution in [2.24, 2.45) is 0 Å². The maximum Gasteiger partial charge on any atom is 0.0636 e. The van der Waals surface area contributed by atoms with Gasteiger partial charge < -0.3 is 15.7 Å². The summed E-state index contributed by atoms with van der Waals surface area (Å²) in [6, 6.07) is 0. The lowest BCUT2D eigenvalue weighted by Crippen LogP contribution is -2.32. The van der Waals surface area contributed by atoms with Crippen LogP contribution in [0.15, 0.2) is 0 Å². The standard InChI is InChI=1S/C16H36N2O/c1-3-4-5-6-7-8-9-10-11-12-17-13-14-18-15-16(2)19/h16-19H,3-15H2,1-2H3/t16-/m1/s1. The van der Waals surface area contributed by atoms with Gasteiger partial charge in [0.2, 0.25) is 0 Å². The first kappa shape index (κ1) is 18.9. The monoisotopic (exact) mass is 272 g/mol. The smallest absolute Gasteiger partial charge is 0.0636 e. The Labute approximate surface area is 120 Å². The maximum atomic E-state index is 9.06. The maximum absolute atomic E-state index is 9.06. The SMILES string of the molecule is CCCCCCCCCCCNCCNC[C@@H](C)O. The Hall–Kier alpha value is -0.120. The van der Waals surface area contributed by atoms with E-state index in [1.54, 1.807) is 0 Å². The summed E-state index contributed by atoms with van der Waals surface area (Å²) in [6.07, 6.45) is 12.3. The van der Waals surface area contributed by atoms with Gasteiger partial charge >= 0.3 is 0 Å². The van der Waals surface area contributed by atoms with E-state index in [4.69, 9.17) is 5.11 Å². The highest BCUT2D eigenvalue weighted by atomic mass is 16.3. The Morgan fingerprint density at radius 2 is 1.26 bits per heavy atom. The molecule has 0 aliphatic rings. The molecule has 0 aromatic carbocycles. The molecule has 0 spiro atoms. The molecule has 0 saturated carbocycles. The molecule has 0 bridgehead atoms. The number of rotatable bonds is 15. The molecule has 3 nitrogen and oxygen atoms in total. The number of unbranched alkanes of at least 4 members (excludes halogenated alkanes) is 8. The lowest BCUT2D eigenvalue weighted by Gasteiger charge is -2.08. The van der Waals surface area contributed by atoms with Crippen LogP contribution in [-0.4, -0.2) is 37.4 Å². The topological polar surface area (TPSA) is 44.3 Å². The first-order chi connectivity index (χ1) is 9.27. The molecule has 0 radical (unpaired) electrons. The molecule has 0 aliphatic carbocycles. The van der Waals surface area contributed by atoms with E-state index in [9.17, 15) is 0 Å². The van der Waals surface area contributed by atoms with Gasteiger partial charge in [0.1, 0.15) is 0 Å². The van der Waals surface area contributed by atoms with Gasteiger partial charge in [-0.1, -0.05) is 58.3 Å². The molecule has 1 atom stereocenters. The van der Waals surface area contributed by atoms with E-state index in [2.05, 4.69) is 17.6 Å². The van der Waals surface area contributed by atoms with Gasteiger partial charge in [-0.25, -0.2) is 0 Å². The predicted molar refractivity (Wildman–Crippen MR) is 84.6 cm³/mol. The van der Waals surface area contributed by atoms with Crippen molar-refractivity contribution in [1.82, 2.24) is 10.6 Å². The molecule has 3 heteroatoms. The second-order valence-corrected chi connectivity index (χ2v) is 5.63. The van der Waals surface area contributed by atoms with Gasteiger partial charge in [0, 0.05) is 19.6 Å². The van der Waals surface area contributed by atoms with Crippen LogP contribution in [-0.2, 0) is 0 Å². The van der Waals surface area contributed by atoms with Crippen molar-refractivity contribution < 1.29 is 5.11 Å². The van der Waals surface area contributed by atoms with Crippen molar-refractivity contribution in [2.75, 3.05) is 26.2 Å². The third-order valence-corrected chi connectivity index (χ3v) is 3.38. The molecule has 0 unspecified atom stereocenters. The fraction of sp³-hybridized carbons (Fsp3) is 1.00. The molecule has 0 fully saturated rings. The van der Waals surface area contributed by atoms with E-state index in [1.807, 2.05) is 6.92 Å². The molecule has 116 valence electrons. The molecule has 0 aromatic heterocycles. The van der Waals surface area contributed by atoms with Crippen molar-refractivity contribution in [3.8, 4) is 0 Å². The molecule has 0 rings (SSSR count). The quantitative estimate of drug-likeness (QED) is 0.401. The molecule has 0 aliphatic heterocycles. The molecule has 0 saturated heterocycles. The van der Waals surface area contributed by atoms with E-state index in [-0.39, 0.29) is 6.10 Å². The summed E-state index contributed by atoms with van der Waals surface area (Å²) in [4.78, 5) is 0. The van der Waals surface area contributed by atoms with Gasteiger partial charge in [0.05, 0.1) is 6.10 Å². The van der Waals surface area contributed by atoms with Gasteiger partial charge in [-0.3, -0.25) is 0 Å². The largest absolute Gasteiger partial charge is 0.392 e. The van der Waals surface area contributed by atoms with Crippen LogP contribution in [0.4, 0.5) is 0 Å². The summed E-state index contributed by atoms with van der Waals surface area (Å²) < 4.78 is 0. The Bertz CT molecular complexity index is 163. The minimum absolute atomic E-state index is 0.239. The van der Waals surface area contributed by atoms with Gasteiger partial charge in [-0.05, 0) is 19.9 Å².